The van der Waals surface area contributed by atoms with Crippen LogP contribution < -0.4 is 5.32 Å². The molecule has 6 nitrogen and oxygen atoms in total. The van der Waals surface area contributed by atoms with Gasteiger partial charge in [-0.25, -0.2) is 0 Å². The van der Waals surface area contributed by atoms with E-state index in [4.69, 9.17) is 4.74 Å². The summed E-state index contributed by atoms with van der Waals surface area (Å²) in [6, 6.07) is 10.7. The molecule has 2 atom stereocenters. The van der Waals surface area contributed by atoms with Crippen molar-refractivity contribution in [2.24, 2.45) is 0 Å². The lowest BCUT2D eigenvalue weighted by Gasteiger charge is -2.39. The number of ether oxygens (including phenoxy) is 1. The summed E-state index contributed by atoms with van der Waals surface area (Å²) >= 11 is 0. The molecule has 0 spiro atoms. The third-order valence-electron chi connectivity index (χ3n) is 4.99. The minimum Gasteiger partial charge on any atom is -0.373 e. The lowest BCUT2D eigenvalue weighted by Crippen LogP contribution is -2.48. The van der Waals surface area contributed by atoms with Gasteiger partial charge in [0, 0.05) is 24.8 Å². The Balaban J connectivity index is 1.70. The number of aromatic nitrogens is 2. The number of nitrogens with one attached hydrogen (secondary N) is 1. The predicted octanol–water partition coefficient (Wildman–Crippen LogP) is 2.57. The lowest BCUT2D eigenvalue weighted by atomic mass is 9.98. The SMILES string of the molecule is Cc1c(C(=O)NC[C@@H]2OCCN(C)[C@H]2c2ccccc2)cnn1C(C)C. The highest BCUT2D eigenvalue weighted by molar-refractivity contribution is 5.95. The summed E-state index contributed by atoms with van der Waals surface area (Å²) in [6.07, 6.45) is 1.56. The number of amides is 1. The molecule has 0 unspecified atom stereocenters. The molecule has 1 N–H and O–H groups in total. The number of likely N-dealkylation sites (N-methyl/N-ethyl adjacent to an activating group) is 1. The Labute approximate surface area is 155 Å². The van der Waals surface area contributed by atoms with Crippen LogP contribution in [0.3, 0.4) is 0 Å². The van der Waals surface area contributed by atoms with Crippen LogP contribution in [-0.2, 0) is 4.74 Å². The van der Waals surface area contributed by atoms with Gasteiger partial charge in [0.25, 0.3) is 5.91 Å². The van der Waals surface area contributed by atoms with Gasteiger partial charge in [-0.05, 0) is 33.4 Å². The average Bonchev–Trinajstić information content (AvgIpc) is 3.02. The first-order chi connectivity index (χ1) is 12.5. The van der Waals surface area contributed by atoms with Crippen LogP contribution in [0.15, 0.2) is 36.5 Å². The first-order valence-electron chi connectivity index (χ1n) is 9.18. The maximum atomic E-state index is 12.6. The van der Waals surface area contributed by atoms with Crippen LogP contribution in [0.2, 0.25) is 0 Å². The zero-order valence-electron chi connectivity index (χ0n) is 16.0. The van der Waals surface area contributed by atoms with E-state index in [1.165, 1.54) is 5.56 Å². The maximum absolute atomic E-state index is 12.6. The van der Waals surface area contributed by atoms with Gasteiger partial charge in [-0.2, -0.15) is 5.10 Å². The van der Waals surface area contributed by atoms with E-state index in [0.29, 0.717) is 18.7 Å². The number of hydrogen-bond acceptors (Lipinski definition) is 4. The Bertz CT molecular complexity index is 742. The van der Waals surface area contributed by atoms with Crippen LogP contribution in [0.5, 0.6) is 0 Å². The third kappa shape index (κ3) is 3.81. The smallest absolute Gasteiger partial charge is 0.254 e. The highest BCUT2D eigenvalue weighted by atomic mass is 16.5. The Hall–Kier alpha value is -2.18. The second-order valence-electron chi connectivity index (χ2n) is 7.14. The van der Waals surface area contributed by atoms with E-state index < -0.39 is 0 Å². The van der Waals surface area contributed by atoms with Crippen LogP contribution in [0.25, 0.3) is 0 Å². The molecule has 0 radical (unpaired) electrons. The molecule has 140 valence electrons. The van der Waals surface area contributed by atoms with Crippen molar-refractivity contribution in [3.8, 4) is 0 Å². The van der Waals surface area contributed by atoms with Crippen LogP contribution >= 0.6 is 0 Å². The molecule has 6 heteroatoms. The van der Waals surface area contributed by atoms with Crippen LogP contribution in [0.1, 0.15) is 47.5 Å². The molecule has 0 aliphatic carbocycles. The molecule has 2 aromatic rings. The van der Waals surface area contributed by atoms with E-state index in [9.17, 15) is 4.79 Å². The van der Waals surface area contributed by atoms with Crippen molar-refractivity contribution in [2.75, 3.05) is 26.7 Å². The number of carbonyl (C=O) groups excluding carboxylic acids is 1. The van der Waals surface area contributed by atoms with E-state index >= 15 is 0 Å². The summed E-state index contributed by atoms with van der Waals surface area (Å²) in [5.41, 5.74) is 2.72. The van der Waals surface area contributed by atoms with Gasteiger partial charge in [-0.15, -0.1) is 0 Å². The minimum atomic E-state index is -0.0990. The zero-order valence-corrected chi connectivity index (χ0v) is 16.0. The highest BCUT2D eigenvalue weighted by Crippen LogP contribution is 2.28. The molecular weight excluding hydrogens is 328 g/mol. The fraction of sp³-hybridized carbons (Fsp3) is 0.500. The van der Waals surface area contributed by atoms with E-state index in [1.807, 2.05) is 29.8 Å². The van der Waals surface area contributed by atoms with Gasteiger partial charge < -0.3 is 10.1 Å². The highest BCUT2D eigenvalue weighted by Gasteiger charge is 2.31. The van der Waals surface area contributed by atoms with Crippen molar-refractivity contribution < 1.29 is 9.53 Å². The Morgan fingerprint density at radius 2 is 2.08 bits per heavy atom. The van der Waals surface area contributed by atoms with Crippen molar-refractivity contribution in [3.05, 3.63) is 53.3 Å². The average molecular weight is 356 g/mol. The summed E-state index contributed by atoms with van der Waals surface area (Å²) in [7, 11) is 2.10. The van der Waals surface area contributed by atoms with Crippen molar-refractivity contribution in [2.45, 2.75) is 39.0 Å². The standard InChI is InChI=1S/C20H28N4O2/c1-14(2)24-15(3)17(12-22-24)20(25)21-13-18-19(23(4)10-11-26-18)16-8-6-5-7-9-16/h5-9,12,14,18-19H,10-11,13H2,1-4H3,(H,21,25)/t18-,19-/m0/s1. The van der Waals surface area contributed by atoms with Crippen molar-refractivity contribution >= 4 is 5.91 Å². The monoisotopic (exact) mass is 356 g/mol. The van der Waals surface area contributed by atoms with Crippen LogP contribution in [-0.4, -0.2) is 53.4 Å². The van der Waals surface area contributed by atoms with Crippen molar-refractivity contribution in [3.63, 3.8) is 0 Å². The van der Waals surface area contributed by atoms with E-state index in [-0.39, 0.29) is 24.1 Å². The van der Waals surface area contributed by atoms with Gasteiger partial charge in [0.1, 0.15) is 0 Å². The van der Waals surface area contributed by atoms with Gasteiger partial charge in [-0.3, -0.25) is 14.4 Å². The number of hydrogen-bond donors (Lipinski definition) is 1. The van der Waals surface area contributed by atoms with E-state index in [0.717, 1.165) is 12.2 Å². The second-order valence-corrected chi connectivity index (χ2v) is 7.14. The van der Waals surface area contributed by atoms with Gasteiger partial charge in [0.15, 0.2) is 0 Å². The summed E-state index contributed by atoms with van der Waals surface area (Å²) in [5.74, 6) is -0.0990. The maximum Gasteiger partial charge on any atom is 0.254 e. The van der Waals surface area contributed by atoms with E-state index in [2.05, 4.69) is 48.3 Å². The molecule has 1 saturated heterocycles. The minimum absolute atomic E-state index is 0.0828. The molecule has 0 saturated carbocycles. The molecule has 3 rings (SSSR count). The number of nitrogens with zero attached hydrogens (tertiary/aromatic N) is 3. The quantitative estimate of drug-likeness (QED) is 0.895. The molecular formula is C20H28N4O2. The summed E-state index contributed by atoms with van der Waals surface area (Å²) in [4.78, 5) is 14.9. The lowest BCUT2D eigenvalue weighted by molar-refractivity contribution is -0.0605. The van der Waals surface area contributed by atoms with Crippen molar-refractivity contribution in [1.29, 1.82) is 0 Å². The second kappa shape index (κ2) is 8.01. The number of morpholine rings is 1. The van der Waals surface area contributed by atoms with Crippen LogP contribution in [0.4, 0.5) is 0 Å². The number of rotatable bonds is 5. The molecule has 1 aromatic carbocycles. The summed E-state index contributed by atoms with van der Waals surface area (Å²) in [5, 5.41) is 7.36. The normalized spacial score (nSPS) is 21.1. The molecule has 1 aliphatic heterocycles. The molecule has 1 aromatic heterocycles. The number of benzene rings is 1. The van der Waals surface area contributed by atoms with Crippen LogP contribution in [0, 0.1) is 6.92 Å². The van der Waals surface area contributed by atoms with Gasteiger partial charge in [0.05, 0.1) is 30.5 Å². The summed E-state index contributed by atoms with van der Waals surface area (Å²) < 4.78 is 7.87. The van der Waals surface area contributed by atoms with E-state index in [1.54, 1.807) is 6.20 Å². The first-order valence-corrected chi connectivity index (χ1v) is 9.18. The molecule has 0 bridgehead atoms. The number of carbonyl (C=O) groups is 1. The summed E-state index contributed by atoms with van der Waals surface area (Å²) in [6.45, 7) is 8.05. The Kier molecular flexibility index (Phi) is 5.74. The predicted molar refractivity (Wildman–Crippen MR) is 101 cm³/mol. The van der Waals surface area contributed by atoms with Gasteiger partial charge >= 0.3 is 0 Å². The molecule has 1 amide bonds. The third-order valence-corrected chi connectivity index (χ3v) is 4.99. The van der Waals surface area contributed by atoms with Gasteiger partial charge in [-0.1, -0.05) is 30.3 Å². The molecule has 2 heterocycles. The zero-order chi connectivity index (χ0) is 18.7. The largest absolute Gasteiger partial charge is 0.373 e. The fourth-order valence-corrected chi connectivity index (χ4v) is 3.61. The first kappa shape index (κ1) is 18.6. The Morgan fingerprint density at radius 3 is 2.73 bits per heavy atom. The fourth-order valence-electron chi connectivity index (χ4n) is 3.61. The van der Waals surface area contributed by atoms with Gasteiger partial charge in [0.2, 0.25) is 0 Å². The Morgan fingerprint density at radius 1 is 1.35 bits per heavy atom. The van der Waals surface area contributed by atoms with Crippen molar-refractivity contribution in [1.82, 2.24) is 20.0 Å². The molecule has 1 fully saturated rings. The topological polar surface area (TPSA) is 59.4 Å². The molecule has 26 heavy (non-hydrogen) atoms. The molecule has 1 aliphatic rings.